The SMILES string of the molecule is COc1ccc(OC)c(C(c2csc3ccccc23)N2CCC(C(=O)O)CC2)c1. The Morgan fingerprint density at radius 3 is 2.55 bits per heavy atom. The number of nitrogens with zero attached hydrogens (tertiary/aromatic N) is 1. The maximum absolute atomic E-state index is 11.4. The Kier molecular flexibility index (Phi) is 5.74. The number of piperidine rings is 1. The van der Waals surface area contributed by atoms with Crippen LogP contribution >= 0.6 is 11.3 Å². The van der Waals surface area contributed by atoms with Gasteiger partial charge in [-0.15, -0.1) is 11.3 Å². The summed E-state index contributed by atoms with van der Waals surface area (Å²) in [5.74, 6) is 0.636. The van der Waals surface area contributed by atoms with Gasteiger partial charge in [-0.3, -0.25) is 9.69 Å². The number of rotatable bonds is 6. The first-order valence-electron chi connectivity index (χ1n) is 9.77. The molecule has 2 heterocycles. The van der Waals surface area contributed by atoms with Gasteiger partial charge in [0.05, 0.1) is 26.2 Å². The van der Waals surface area contributed by atoms with Crippen molar-refractivity contribution in [2.45, 2.75) is 18.9 Å². The fourth-order valence-corrected chi connectivity index (χ4v) is 5.21. The van der Waals surface area contributed by atoms with Crippen LogP contribution in [0.1, 0.15) is 30.0 Å². The normalized spacial score (nSPS) is 16.6. The molecule has 2 aromatic carbocycles. The number of fused-ring (bicyclic) bond motifs is 1. The zero-order chi connectivity index (χ0) is 20.4. The van der Waals surface area contributed by atoms with Crippen molar-refractivity contribution in [3.05, 3.63) is 59.0 Å². The highest BCUT2D eigenvalue weighted by molar-refractivity contribution is 7.17. The van der Waals surface area contributed by atoms with E-state index in [1.54, 1.807) is 25.6 Å². The molecule has 152 valence electrons. The van der Waals surface area contributed by atoms with Gasteiger partial charge in [0.2, 0.25) is 0 Å². The van der Waals surface area contributed by atoms with Gasteiger partial charge in [-0.1, -0.05) is 18.2 Å². The van der Waals surface area contributed by atoms with E-state index in [1.807, 2.05) is 18.2 Å². The first-order chi connectivity index (χ1) is 14.1. The number of methoxy groups -OCH3 is 2. The first kappa shape index (κ1) is 19.7. The van der Waals surface area contributed by atoms with Gasteiger partial charge >= 0.3 is 5.97 Å². The molecule has 1 aromatic heterocycles. The molecular weight excluding hydrogens is 386 g/mol. The van der Waals surface area contributed by atoms with Gasteiger partial charge in [0.25, 0.3) is 0 Å². The average Bonchev–Trinajstić information content (AvgIpc) is 3.18. The molecule has 0 aliphatic carbocycles. The molecule has 1 aliphatic rings. The Morgan fingerprint density at radius 1 is 1.10 bits per heavy atom. The number of carboxylic acid groups (broad SMARTS) is 1. The lowest BCUT2D eigenvalue weighted by Gasteiger charge is -2.37. The van der Waals surface area contributed by atoms with Gasteiger partial charge in [-0.25, -0.2) is 0 Å². The molecule has 1 N–H and O–H groups in total. The molecule has 0 bridgehead atoms. The average molecular weight is 412 g/mol. The molecule has 1 saturated heterocycles. The largest absolute Gasteiger partial charge is 0.497 e. The van der Waals surface area contributed by atoms with Gasteiger partial charge in [0, 0.05) is 10.3 Å². The topological polar surface area (TPSA) is 59.0 Å². The lowest BCUT2D eigenvalue weighted by Crippen LogP contribution is -2.39. The smallest absolute Gasteiger partial charge is 0.306 e. The molecular formula is C23H25NO4S. The summed E-state index contributed by atoms with van der Waals surface area (Å²) in [7, 11) is 3.35. The van der Waals surface area contributed by atoms with Crippen LogP contribution in [0.2, 0.25) is 0 Å². The maximum atomic E-state index is 11.4. The van der Waals surface area contributed by atoms with E-state index in [9.17, 15) is 9.90 Å². The molecule has 4 rings (SSSR count). The van der Waals surface area contributed by atoms with E-state index in [0.717, 1.165) is 30.2 Å². The number of benzene rings is 2. The summed E-state index contributed by atoms with van der Waals surface area (Å²) >= 11 is 1.74. The van der Waals surface area contributed by atoms with Crippen LogP contribution in [0, 0.1) is 5.92 Å². The molecule has 5 nitrogen and oxygen atoms in total. The number of aliphatic carboxylic acids is 1. The highest BCUT2D eigenvalue weighted by Gasteiger charge is 2.33. The molecule has 0 spiro atoms. The predicted octanol–water partition coefficient (Wildman–Crippen LogP) is 4.80. The van der Waals surface area contributed by atoms with Crippen molar-refractivity contribution in [1.29, 1.82) is 0 Å². The van der Waals surface area contributed by atoms with Crippen LogP contribution in [0.15, 0.2) is 47.8 Å². The second-order valence-electron chi connectivity index (χ2n) is 7.35. The monoisotopic (exact) mass is 411 g/mol. The minimum atomic E-state index is -0.693. The van der Waals surface area contributed by atoms with E-state index in [4.69, 9.17) is 9.47 Å². The third kappa shape index (κ3) is 3.82. The molecule has 6 heteroatoms. The van der Waals surface area contributed by atoms with Crippen LogP contribution in [0.4, 0.5) is 0 Å². The van der Waals surface area contributed by atoms with E-state index >= 15 is 0 Å². The van der Waals surface area contributed by atoms with E-state index in [1.165, 1.54) is 15.6 Å². The molecule has 29 heavy (non-hydrogen) atoms. The lowest BCUT2D eigenvalue weighted by atomic mass is 9.90. The molecule has 3 aromatic rings. The minimum Gasteiger partial charge on any atom is -0.497 e. The van der Waals surface area contributed by atoms with Gasteiger partial charge in [-0.05, 0) is 66.5 Å². The Morgan fingerprint density at radius 2 is 1.86 bits per heavy atom. The molecule has 1 unspecified atom stereocenters. The zero-order valence-corrected chi connectivity index (χ0v) is 17.4. The van der Waals surface area contributed by atoms with Crippen molar-refractivity contribution in [3.63, 3.8) is 0 Å². The van der Waals surface area contributed by atoms with Crippen LogP contribution in [-0.4, -0.2) is 43.3 Å². The lowest BCUT2D eigenvalue weighted by molar-refractivity contribution is -0.143. The van der Waals surface area contributed by atoms with Gasteiger partial charge in [0.15, 0.2) is 0 Å². The number of likely N-dealkylation sites (tertiary alicyclic amines) is 1. The summed E-state index contributed by atoms with van der Waals surface area (Å²) < 4.78 is 12.5. The number of thiophene rings is 1. The quantitative estimate of drug-likeness (QED) is 0.631. The van der Waals surface area contributed by atoms with Gasteiger partial charge in [0.1, 0.15) is 11.5 Å². The summed E-state index contributed by atoms with van der Waals surface area (Å²) in [6, 6.07) is 14.3. The molecule has 0 saturated carbocycles. The molecule has 0 amide bonds. The van der Waals surface area contributed by atoms with Crippen molar-refractivity contribution in [2.75, 3.05) is 27.3 Å². The summed E-state index contributed by atoms with van der Waals surface area (Å²) in [4.78, 5) is 13.8. The zero-order valence-electron chi connectivity index (χ0n) is 16.6. The van der Waals surface area contributed by atoms with Crippen LogP contribution in [0.25, 0.3) is 10.1 Å². The first-order valence-corrected chi connectivity index (χ1v) is 10.6. The van der Waals surface area contributed by atoms with E-state index in [2.05, 4.69) is 34.5 Å². The summed E-state index contributed by atoms with van der Waals surface area (Å²) in [5.41, 5.74) is 2.27. The molecule has 1 fully saturated rings. The summed E-state index contributed by atoms with van der Waals surface area (Å²) in [5, 5.41) is 12.9. The fraction of sp³-hybridized carbons (Fsp3) is 0.348. The Balaban J connectivity index is 1.81. The second kappa shape index (κ2) is 8.43. The highest BCUT2D eigenvalue weighted by Crippen LogP contribution is 2.42. The van der Waals surface area contributed by atoms with E-state index < -0.39 is 5.97 Å². The molecule has 1 atom stereocenters. The van der Waals surface area contributed by atoms with Crippen molar-refractivity contribution in [1.82, 2.24) is 4.90 Å². The van der Waals surface area contributed by atoms with Crippen LogP contribution in [0.3, 0.4) is 0 Å². The molecule has 0 radical (unpaired) electrons. The molecule has 1 aliphatic heterocycles. The number of carbonyl (C=O) groups is 1. The maximum Gasteiger partial charge on any atom is 0.306 e. The third-order valence-electron chi connectivity index (χ3n) is 5.78. The Labute approximate surface area is 174 Å². The second-order valence-corrected chi connectivity index (χ2v) is 8.26. The summed E-state index contributed by atoms with van der Waals surface area (Å²) in [6.07, 6.45) is 1.31. The van der Waals surface area contributed by atoms with Crippen molar-refractivity contribution in [2.24, 2.45) is 5.92 Å². The van der Waals surface area contributed by atoms with Gasteiger partial charge < -0.3 is 14.6 Å². The van der Waals surface area contributed by atoms with E-state index in [0.29, 0.717) is 12.8 Å². The summed E-state index contributed by atoms with van der Waals surface area (Å²) in [6.45, 7) is 1.46. The number of hydrogen-bond donors (Lipinski definition) is 1. The Bertz CT molecular complexity index is 1010. The fourth-order valence-electron chi connectivity index (χ4n) is 4.23. The number of carboxylic acids is 1. The predicted molar refractivity (Wildman–Crippen MR) is 115 cm³/mol. The van der Waals surface area contributed by atoms with Crippen molar-refractivity contribution in [3.8, 4) is 11.5 Å². The number of hydrogen-bond acceptors (Lipinski definition) is 5. The van der Waals surface area contributed by atoms with Gasteiger partial charge in [-0.2, -0.15) is 0 Å². The van der Waals surface area contributed by atoms with Crippen molar-refractivity contribution >= 4 is 27.4 Å². The highest BCUT2D eigenvalue weighted by atomic mass is 32.1. The third-order valence-corrected chi connectivity index (χ3v) is 6.76. The Hall–Kier alpha value is -2.57. The number of ether oxygens (including phenoxy) is 2. The van der Waals surface area contributed by atoms with Crippen LogP contribution < -0.4 is 9.47 Å². The van der Waals surface area contributed by atoms with E-state index in [-0.39, 0.29) is 12.0 Å². The van der Waals surface area contributed by atoms with Crippen LogP contribution in [-0.2, 0) is 4.79 Å². The minimum absolute atomic E-state index is 0.0223. The van der Waals surface area contributed by atoms with Crippen molar-refractivity contribution < 1.29 is 19.4 Å². The standard InChI is InChI=1S/C23H25NO4S/c1-27-16-7-8-20(28-2)18(13-16)22(24-11-9-15(10-12-24)23(25)26)19-14-29-21-6-4-3-5-17(19)21/h3-8,13-15,22H,9-12H2,1-2H3,(H,25,26). The van der Waals surface area contributed by atoms with Crippen LogP contribution in [0.5, 0.6) is 11.5 Å².